The third-order valence-electron chi connectivity index (χ3n) is 1.85. The molecule has 80 valence electrons. The zero-order valence-corrected chi connectivity index (χ0v) is 9.26. The van der Waals surface area contributed by atoms with Crippen molar-refractivity contribution in [2.24, 2.45) is 0 Å². The molecule has 0 aliphatic rings. The summed E-state index contributed by atoms with van der Waals surface area (Å²) in [5, 5.41) is 5.95. The first-order valence-corrected chi connectivity index (χ1v) is 5.09. The molecule has 0 fully saturated rings. The van der Waals surface area contributed by atoms with Gasteiger partial charge in [0.05, 0.1) is 6.04 Å². The van der Waals surface area contributed by atoms with Crippen LogP contribution in [0.15, 0.2) is 0 Å². The van der Waals surface area contributed by atoms with Crippen LogP contribution in [0.5, 0.6) is 0 Å². The van der Waals surface area contributed by atoms with Crippen molar-refractivity contribution in [2.75, 3.05) is 6.54 Å². The summed E-state index contributed by atoms with van der Waals surface area (Å²) in [7, 11) is 0. The van der Waals surface area contributed by atoms with Crippen molar-refractivity contribution in [2.45, 2.75) is 45.7 Å². The molecule has 14 heavy (non-hydrogen) atoms. The van der Waals surface area contributed by atoms with Gasteiger partial charge in [0, 0.05) is 19.0 Å². The fourth-order valence-electron chi connectivity index (χ4n) is 1.00. The quantitative estimate of drug-likeness (QED) is 0.620. The van der Waals surface area contributed by atoms with Crippen LogP contribution in [0.4, 0.5) is 0 Å². The molecule has 0 aliphatic heterocycles. The maximum atomic E-state index is 11.3. The van der Waals surface area contributed by atoms with E-state index in [1.54, 1.807) is 0 Å². The summed E-state index contributed by atoms with van der Waals surface area (Å²) in [6, 6.07) is 0.291. The van der Waals surface area contributed by atoms with E-state index in [0.717, 1.165) is 6.42 Å². The van der Waals surface area contributed by atoms with Gasteiger partial charge in [-0.1, -0.05) is 26.7 Å². The Balaban J connectivity index is 3.60. The van der Waals surface area contributed by atoms with E-state index in [1.807, 2.05) is 20.8 Å². The van der Waals surface area contributed by atoms with Gasteiger partial charge in [-0.15, -0.1) is 6.42 Å². The molecule has 0 spiro atoms. The number of amides is 1. The van der Waals surface area contributed by atoms with Crippen molar-refractivity contribution in [3.05, 3.63) is 0 Å². The fraction of sp³-hybridized carbons (Fsp3) is 0.727. The molecule has 3 nitrogen and oxygen atoms in total. The lowest BCUT2D eigenvalue weighted by Gasteiger charge is -2.11. The Morgan fingerprint density at radius 1 is 1.50 bits per heavy atom. The van der Waals surface area contributed by atoms with Crippen LogP contribution >= 0.6 is 0 Å². The summed E-state index contributed by atoms with van der Waals surface area (Å²) in [6.45, 7) is 6.75. The zero-order valence-electron chi connectivity index (χ0n) is 9.26. The minimum atomic E-state index is -0.124. The molecule has 1 amide bonds. The van der Waals surface area contributed by atoms with Gasteiger partial charge in [0.25, 0.3) is 0 Å². The zero-order chi connectivity index (χ0) is 11.0. The first kappa shape index (κ1) is 13.0. The number of hydrogen-bond acceptors (Lipinski definition) is 2. The molecule has 0 bridgehead atoms. The summed E-state index contributed by atoms with van der Waals surface area (Å²) >= 11 is 0. The molecule has 0 heterocycles. The third kappa shape index (κ3) is 6.50. The normalized spacial score (nSPS) is 12.2. The second-order valence-corrected chi connectivity index (χ2v) is 3.55. The van der Waals surface area contributed by atoms with Crippen molar-refractivity contribution < 1.29 is 4.79 Å². The van der Waals surface area contributed by atoms with E-state index in [4.69, 9.17) is 6.42 Å². The van der Waals surface area contributed by atoms with Crippen LogP contribution in [-0.4, -0.2) is 24.5 Å². The number of carbonyl (C=O) groups is 1. The lowest BCUT2D eigenvalue weighted by atomic mass is 10.2. The molecule has 3 heteroatoms. The van der Waals surface area contributed by atoms with Gasteiger partial charge in [0.1, 0.15) is 0 Å². The van der Waals surface area contributed by atoms with E-state index in [-0.39, 0.29) is 11.9 Å². The summed E-state index contributed by atoms with van der Waals surface area (Å²) in [5.41, 5.74) is 0. The van der Waals surface area contributed by atoms with E-state index in [2.05, 4.69) is 16.6 Å². The Morgan fingerprint density at radius 2 is 2.14 bits per heavy atom. The standard InChI is InChI=1S/C11H20N2O/c1-5-10(6-2)13-11(14)7-8-12-9(3)4/h1,9-10,12H,6-8H2,2-4H3,(H,13,14). The summed E-state index contributed by atoms with van der Waals surface area (Å²) < 4.78 is 0. The molecule has 0 aromatic rings. The lowest BCUT2D eigenvalue weighted by Crippen LogP contribution is -2.36. The van der Waals surface area contributed by atoms with Crippen molar-refractivity contribution >= 4 is 5.91 Å². The Labute approximate surface area is 86.6 Å². The van der Waals surface area contributed by atoms with Gasteiger partial charge in [-0.05, 0) is 6.42 Å². The van der Waals surface area contributed by atoms with Gasteiger partial charge in [-0.2, -0.15) is 0 Å². The smallest absolute Gasteiger partial charge is 0.222 e. The molecule has 0 aromatic heterocycles. The molecule has 0 saturated carbocycles. The molecule has 0 aromatic carbocycles. The van der Waals surface area contributed by atoms with E-state index in [1.165, 1.54) is 0 Å². The molecule has 1 atom stereocenters. The second-order valence-electron chi connectivity index (χ2n) is 3.55. The van der Waals surface area contributed by atoms with E-state index in [9.17, 15) is 4.79 Å². The van der Waals surface area contributed by atoms with Gasteiger partial charge in [0.15, 0.2) is 0 Å². The fourth-order valence-corrected chi connectivity index (χ4v) is 1.00. The maximum Gasteiger partial charge on any atom is 0.222 e. The van der Waals surface area contributed by atoms with Crippen LogP contribution in [0.3, 0.4) is 0 Å². The maximum absolute atomic E-state index is 11.3. The van der Waals surface area contributed by atoms with Crippen molar-refractivity contribution in [3.63, 3.8) is 0 Å². The van der Waals surface area contributed by atoms with Crippen molar-refractivity contribution in [1.29, 1.82) is 0 Å². The highest BCUT2D eigenvalue weighted by Gasteiger charge is 2.06. The number of rotatable bonds is 6. The minimum absolute atomic E-state index is 0.0166. The predicted molar refractivity (Wildman–Crippen MR) is 58.8 cm³/mol. The topological polar surface area (TPSA) is 41.1 Å². The van der Waals surface area contributed by atoms with Gasteiger partial charge in [-0.3, -0.25) is 4.79 Å². The molecular formula is C11H20N2O. The number of hydrogen-bond donors (Lipinski definition) is 2. The van der Waals surface area contributed by atoms with Crippen LogP contribution in [0.25, 0.3) is 0 Å². The number of carbonyl (C=O) groups excluding carboxylic acids is 1. The SMILES string of the molecule is C#CC(CC)NC(=O)CCNC(C)C. The predicted octanol–water partition coefficient (Wildman–Crippen LogP) is 0.902. The average Bonchev–Trinajstić information content (AvgIpc) is 2.13. The molecule has 0 rings (SSSR count). The lowest BCUT2D eigenvalue weighted by molar-refractivity contribution is -0.121. The van der Waals surface area contributed by atoms with Crippen molar-refractivity contribution in [1.82, 2.24) is 10.6 Å². The highest BCUT2D eigenvalue weighted by molar-refractivity contribution is 5.76. The van der Waals surface area contributed by atoms with Gasteiger partial charge in [0.2, 0.25) is 5.91 Å². The van der Waals surface area contributed by atoms with Gasteiger partial charge < -0.3 is 10.6 Å². The largest absolute Gasteiger partial charge is 0.342 e. The Bertz CT molecular complexity index is 206. The van der Waals surface area contributed by atoms with Crippen LogP contribution in [-0.2, 0) is 4.79 Å². The van der Waals surface area contributed by atoms with Gasteiger partial charge >= 0.3 is 0 Å². The number of nitrogens with one attached hydrogen (secondary N) is 2. The summed E-state index contributed by atoms with van der Waals surface area (Å²) in [5.74, 6) is 2.55. The van der Waals surface area contributed by atoms with Crippen LogP contribution in [0, 0.1) is 12.3 Å². The Hall–Kier alpha value is -1.01. The summed E-state index contributed by atoms with van der Waals surface area (Å²) in [4.78, 5) is 11.3. The molecule has 0 aliphatic carbocycles. The van der Waals surface area contributed by atoms with Crippen molar-refractivity contribution in [3.8, 4) is 12.3 Å². The summed E-state index contributed by atoms with van der Waals surface area (Å²) in [6.07, 6.45) is 6.49. The molecule has 0 radical (unpaired) electrons. The average molecular weight is 196 g/mol. The molecule has 2 N–H and O–H groups in total. The second kappa shape index (κ2) is 7.40. The van der Waals surface area contributed by atoms with E-state index < -0.39 is 0 Å². The third-order valence-corrected chi connectivity index (χ3v) is 1.85. The first-order valence-electron chi connectivity index (χ1n) is 5.09. The van der Waals surface area contributed by atoms with Crippen LogP contribution in [0.1, 0.15) is 33.6 Å². The number of terminal acetylenes is 1. The highest BCUT2D eigenvalue weighted by atomic mass is 16.1. The van der Waals surface area contributed by atoms with E-state index >= 15 is 0 Å². The minimum Gasteiger partial charge on any atom is -0.342 e. The van der Waals surface area contributed by atoms with E-state index in [0.29, 0.717) is 19.0 Å². The van der Waals surface area contributed by atoms with Crippen LogP contribution < -0.4 is 10.6 Å². The first-order chi connectivity index (χ1) is 6.60. The molecular weight excluding hydrogens is 176 g/mol. The van der Waals surface area contributed by atoms with Gasteiger partial charge in [-0.25, -0.2) is 0 Å². The molecule has 1 unspecified atom stereocenters. The highest BCUT2D eigenvalue weighted by Crippen LogP contribution is 1.89. The Morgan fingerprint density at radius 3 is 2.57 bits per heavy atom. The Kier molecular flexibility index (Phi) is 6.87. The molecule has 0 saturated heterocycles. The van der Waals surface area contributed by atoms with Crippen LogP contribution in [0.2, 0.25) is 0 Å². The monoisotopic (exact) mass is 196 g/mol.